The van der Waals surface area contributed by atoms with Crippen molar-refractivity contribution in [3.05, 3.63) is 193 Å². The molecular weight excluding hydrogens is 683 g/mol. The summed E-state index contributed by atoms with van der Waals surface area (Å²) in [5.41, 5.74) is 14.4. The smallest absolute Gasteiger partial charge is 0.150 e. The molecule has 2 aromatic heterocycles. The Kier molecular flexibility index (Phi) is 8.63. The van der Waals surface area contributed by atoms with Crippen LogP contribution in [-0.4, -0.2) is 16.2 Å². The van der Waals surface area contributed by atoms with Crippen molar-refractivity contribution in [2.24, 2.45) is 0 Å². The van der Waals surface area contributed by atoms with E-state index in [1.54, 1.807) is 0 Å². The first-order valence-corrected chi connectivity index (χ1v) is 19.5. The average Bonchev–Trinajstić information content (AvgIpc) is 3.84. The number of pyridine rings is 1. The van der Waals surface area contributed by atoms with Crippen LogP contribution in [0.3, 0.4) is 0 Å². The molecule has 0 unspecified atom stereocenters. The second kappa shape index (κ2) is 13.7. The Morgan fingerprint density at radius 1 is 0.518 bits per heavy atom. The van der Waals surface area contributed by atoms with Gasteiger partial charge in [-0.2, -0.15) is 4.48 Å². The van der Waals surface area contributed by atoms with Crippen LogP contribution in [0, 0.1) is 20.8 Å². The number of anilines is 2. The molecule has 1 aliphatic heterocycles. The van der Waals surface area contributed by atoms with E-state index in [0.717, 1.165) is 52.0 Å². The lowest BCUT2D eigenvalue weighted by atomic mass is 9.88. The molecule has 0 aliphatic carbocycles. The molecule has 0 bridgehead atoms. The highest BCUT2D eigenvalue weighted by molar-refractivity contribution is 6.10. The van der Waals surface area contributed by atoms with Crippen LogP contribution in [0.15, 0.2) is 170 Å². The predicted octanol–water partition coefficient (Wildman–Crippen LogP) is 13.5. The standard InChI is InChI=1S/C51H48N5/c1-36-30-38(3)48(31-37(36)2)54-29-28-53(35-54)40-16-15-21-43(33-40)56(41-17-9-7-10-18-41,42-19-11-8-12-20-42)44-24-25-46-45-22-13-14-23-47(45)55(49(46)34-44)50-32-39(26-27-52-50)51(4,5)6/h7-34H,35H2,1-6H3/q+1. The monoisotopic (exact) mass is 730 g/mol. The minimum absolute atomic E-state index is 0.0151. The molecule has 0 spiro atoms. The molecule has 0 radical (unpaired) electrons. The molecular formula is C51H48N5+. The zero-order valence-electron chi connectivity index (χ0n) is 33.1. The molecule has 5 nitrogen and oxygen atoms in total. The second-order valence-corrected chi connectivity index (χ2v) is 16.2. The molecule has 276 valence electrons. The van der Waals surface area contributed by atoms with Gasteiger partial charge in [-0.05, 0) is 84.8 Å². The van der Waals surface area contributed by atoms with Gasteiger partial charge in [-0.3, -0.25) is 4.57 Å². The lowest BCUT2D eigenvalue weighted by molar-refractivity contribution is 0.588. The topological polar surface area (TPSA) is 24.3 Å². The van der Waals surface area contributed by atoms with Crippen molar-refractivity contribution in [2.45, 2.75) is 47.0 Å². The predicted molar refractivity (Wildman–Crippen MR) is 237 cm³/mol. The number of quaternary nitrogens is 1. The van der Waals surface area contributed by atoms with Gasteiger partial charge in [0.1, 0.15) is 28.6 Å². The fourth-order valence-corrected chi connectivity index (χ4v) is 8.50. The number of aryl methyl sites for hydroxylation is 3. The molecule has 5 heteroatoms. The van der Waals surface area contributed by atoms with Gasteiger partial charge in [0.15, 0.2) is 0 Å². The van der Waals surface area contributed by atoms with E-state index in [-0.39, 0.29) is 5.41 Å². The number of fused-ring (bicyclic) bond motifs is 3. The minimum Gasteiger partial charge on any atom is -0.328 e. The fraction of sp³-hybridized carbons (Fsp3) is 0.157. The quantitative estimate of drug-likeness (QED) is 0.153. The van der Waals surface area contributed by atoms with Crippen molar-refractivity contribution in [1.29, 1.82) is 0 Å². The molecule has 0 saturated carbocycles. The lowest BCUT2D eigenvalue weighted by Crippen LogP contribution is -2.33. The summed E-state index contributed by atoms with van der Waals surface area (Å²) >= 11 is 0. The first kappa shape index (κ1) is 35.3. The van der Waals surface area contributed by atoms with Crippen molar-refractivity contribution in [3.8, 4) is 5.82 Å². The molecule has 9 rings (SSSR count). The highest BCUT2D eigenvalue weighted by Gasteiger charge is 2.40. The molecule has 8 aromatic rings. The van der Waals surface area contributed by atoms with Crippen LogP contribution in [0.5, 0.6) is 0 Å². The summed E-state index contributed by atoms with van der Waals surface area (Å²) in [4.78, 5) is 9.69. The van der Waals surface area contributed by atoms with Gasteiger partial charge in [-0.25, -0.2) is 4.98 Å². The first-order valence-electron chi connectivity index (χ1n) is 19.5. The summed E-state index contributed by atoms with van der Waals surface area (Å²) < 4.78 is 2.74. The summed E-state index contributed by atoms with van der Waals surface area (Å²) in [6, 6.07) is 55.7. The van der Waals surface area contributed by atoms with Gasteiger partial charge < -0.3 is 9.80 Å². The van der Waals surface area contributed by atoms with E-state index in [0.29, 0.717) is 4.48 Å². The number of hydrogen-bond donors (Lipinski definition) is 0. The molecule has 1 aliphatic rings. The van der Waals surface area contributed by atoms with Gasteiger partial charge in [-0.1, -0.05) is 87.5 Å². The van der Waals surface area contributed by atoms with E-state index in [9.17, 15) is 0 Å². The molecule has 0 N–H and O–H groups in total. The second-order valence-electron chi connectivity index (χ2n) is 16.2. The molecule has 0 saturated heterocycles. The zero-order chi connectivity index (χ0) is 38.6. The van der Waals surface area contributed by atoms with E-state index in [1.807, 2.05) is 6.20 Å². The molecule has 0 amide bonds. The SMILES string of the molecule is Cc1cc(C)c(N2C=CN(c3cccc([N+](c4ccccc4)(c4ccccc4)c4ccc5c6ccccc6n(-c6cc(C(C)(C)C)ccn6)c5c4)c3)C2)cc1C. The average molecular weight is 731 g/mol. The van der Waals surface area contributed by atoms with Gasteiger partial charge >= 0.3 is 0 Å². The van der Waals surface area contributed by atoms with E-state index in [1.165, 1.54) is 38.7 Å². The molecule has 0 atom stereocenters. The van der Waals surface area contributed by atoms with E-state index in [2.05, 4.69) is 220 Å². The normalized spacial score (nSPS) is 13.3. The van der Waals surface area contributed by atoms with E-state index < -0.39 is 0 Å². The van der Waals surface area contributed by atoms with Crippen LogP contribution >= 0.6 is 0 Å². The van der Waals surface area contributed by atoms with Gasteiger partial charge in [-0.15, -0.1) is 0 Å². The van der Waals surface area contributed by atoms with Crippen molar-refractivity contribution in [2.75, 3.05) is 16.5 Å². The van der Waals surface area contributed by atoms with Gasteiger partial charge in [0.25, 0.3) is 0 Å². The minimum atomic E-state index is -0.0151. The van der Waals surface area contributed by atoms with Crippen LogP contribution in [0.2, 0.25) is 0 Å². The maximum atomic E-state index is 5.00. The lowest BCUT2D eigenvalue weighted by Gasteiger charge is -2.37. The third-order valence-electron chi connectivity index (χ3n) is 11.6. The summed E-state index contributed by atoms with van der Waals surface area (Å²) in [5, 5.41) is 2.41. The first-order chi connectivity index (χ1) is 27.1. The van der Waals surface area contributed by atoms with Crippen molar-refractivity contribution in [1.82, 2.24) is 14.0 Å². The number of nitrogens with zero attached hydrogens (tertiary/aromatic N) is 5. The number of benzene rings is 6. The van der Waals surface area contributed by atoms with Gasteiger partial charge in [0.05, 0.1) is 17.7 Å². The van der Waals surface area contributed by atoms with Crippen molar-refractivity contribution in [3.63, 3.8) is 0 Å². The number of rotatable bonds is 7. The Labute approximate surface area is 330 Å². The van der Waals surface area contributed by atoms with Crippen LogP contribution in [0.1, 0.15) is 43.0 Å². The van der Waals surface area contributed by atoms with Crippen LogP contribution in [0.4, 0.5) is 34.1 Å². The van der Waals surface area contributed by atoms with Gasteiger partial charge in [0.2, 0.25) is 0 Å². The maximum absolute atomic E-state index is 5.00. The zero-order valence-corrected chi connectivity index (χ0v) is 33.1. The third kappa shape index (κ3) is 5.87. The van der Waals surface area contributed by atoms with Crippen LogP contribution < -0.4 is 14.3 Å². The Morgan fingerprint density at radius 2 is 1.14 bits per heavy atom. The summed E-state index contributed by atoms with van der Waals surface area (Å²) in [7, 11) is 0. The summed E-state index contributed by atoms with van der Waals surface area (Å²) in [6.45, 7) is 14.1. The Balaban J connectivity index is 1.26. The summed E-state index contributed by atoms with van der Waals surface area (Å²) in [5.74, 6) is 0.921. The molecule has 56 heavy (non-hydrogen) atoms. The van der Waals surface area contributed by atoms with Crippen LogP contribution in [0.25, 0.3) is 27.6 Å². The van der Waals surface area contributed by atoms with Gasteiger partial charge in [0, 0.05) is 89.3 Å². The number of hydrogen-bond acceptors (Lipinski definition) is 3. The maximum Gasteiger partial charge on any atom is 0.150 e. The number of para-hydroxylation sites is 3. The highest BCUT2D eigenvalue weighted by Crippen LogP contribution is 2.53. The molecule has 0 fully saturated rings. The van der Waals surface area contributed by atoms with E-state index >= 15 is 0 Å². The van der Waals surface area contributed by atoms with Crippen LogP contribution in [-0.2, 0) is 5.41 Å². The molecule has 6 aromatic carbocycles. The Hall–Kier alpha value is -6.43. The van der Waals surface area contributed by atoms with Crippen molar-refractivity contribution < 1.29 is 0 Å². The Bertz CT molecular complexity index is 2720. The highest BCUT2D eigenvalue weighted by atomic mass is 15.4. The van der Waals surface area contributed by atoms with E-state index in [4.69, 9.17) is 4.98 Å². The molecule has 3 heterocycles. The Morgan fingerprint density at radius 3 is 1.88 bits per heavy atom. The third-order valence-corrected chi connectivity index (χ3v) is 11.6. The fourth-order valence-electron chi connectivity index (χ4n) is 8.50. The largest absolute Gasteiger partial charge is 0.328 e. The summed E-state index contributed by atoms with van der Waals surface area (Å²) in [6.07, 6.45) is 6.36. The number of aromatic nitrogens is 2. The van der Waals surface area contributed by atoms with Crippen molar-refractivity contribution >= 4 is 55.9 Å².